The van der Waals surface area contributed by atoms with Crippen LogP contribution in [0.2, 0.25) is 10.2 Å². The summed E-state index contributed by atoms with van der Waals surface area (Å²) in [4.78, 5) is 34.8. The van der Waals surface area contributed by atoms with Crippen LogP contribution in [0.25, 0.3) is 0 Å². The van der Waals surface area contributed by atoms with Crippen molar-refractivity contribution in [2.24, 2.45) is 5.92 Å². The first kappa shape index (κ1) is 18.6. The molecule has 8 heteroatoms. The van der Waals surface area contributed by atoms with Crippen molar-refractivity contribution in [1.82, 2.24) is 14.9 Å². The molecule has 0 radical (unpaired) electrons. The molecule has 0 saturated carbocycles. The predicted octanol–water partition coefficient (Wildman–Crippen LogP) is 3.58. The smallest absolute Gasteiger partial charge is 0.274 e. The Balaban J connectivity index is 1.58. The number of carbonyl (C=O) groups is 2. The van der Waals surface area contributed by atoms with Gasteiger partial charge in [0, 0.05) is 25.2 Å². The monoisotopic (exact) mass is 392 g/mol. The van der Waals surface area contributed by atoms with Gasteiger partial charge in [0.2, 0.25) is 5.91 Å². The molecule has 2 amide bonds. The number of nitrogens with zero attached hydrogens (tertiary/aromatic N) is 3. The Kier molecular flexibility index (Phi) is 5.74. The molecule has 0 spiro atoms. The van der Waals surface area contributed by atoms with Crippen LogP contribution in [-0.4, -0.2) is 39.8 Å². The van der Waals surface area contributed by atoms with Gasteiger partial charge >= 0.3 is 0 Å². The van der Waals surface area contributed by atoms with E-state index in [0.29, 0.717) is 31.7 Å². The molecular formula is C18H18Cl2N4O2. The number of halogens is 2. The van der Waals surface area contributed by atoms with Crippen LogP contribution in [0.4, 0.5) is 5.82 Å². The van der Waals surface area contributed by atoms with Gasteiger partial charge in [0.1, 0.15) is 16.7 Å². The van der Waals surface area contributed by atoms with Crippen molar-refractivity contribution in [2.75, 3.05) is 18.4 Å². The lowest BCUT2D eigenvalue weighted by Crippen LogP contribution is -2.41. The number of piperidine rings is 1. The SMILES string of the molecule is Cc1ccc(NC(=O)C2CCN(C(=O)c3nc(Cl)ccc3Cl)CC2)nc1. The summed E-state index contributed by atoms with van der Waals surface area (Å²) in [6, 6.07) is 6.76. The summed E-state index contributed by atoms with van der Waals surface area (Å²) in [6.07, 6.45) is 2.85. The Hall–Kier alpha value is -2.18. The summed E-state index contributed by atoms with van der Waals surface area (Å²) < 4.78 is 0. The van der Waals surface area contributed by atoms with E-state index < -0.39 is 0 Å². The highest BCUT2D eigenvalue weighted by Gasteiger charge is 2.29. The molecule has 3 rings (SSSR count). The van der Waals surface area contributed by atoms with E-state index in [9.17, 15) is 9.59 Å². The van der Waals surface area contributed by atoms with Gasteiger partial charge in [0.25, 0.3) is 5.91 Å². The zero-order chi connectivity index (χ0) is 18.7. The summed E-state index contributed by atoms with van der Waals surface area (Å²) >= 11 is 11.9. The highest BCUT2D eigenvalue weighted by molar-refractivity contribution is 6.34. The second-order valence-corrected chi connectivity index (χ2v) is 7.04. The number of pyridine rings is 2. The molecule has 2 aromatic rings. The van der Waals surface area contributed by atoms with Gasteiger partial charge in [0.15, 0.2) is 0 Å². The predicted molar refractivity (Wildman–Crippen MR) is 100 cm³/mol. The lowest BCUT2D eigenvalue weighted by Gasteiger charge is -2.31. The van der Waals surface area contributed by atoms with Crippen LogP contribution in [-0.2, 0) is 4.79 Å². The van der Waals surface area contributed by atoms with Gasteiger partial charge in [-0.25, -0.2) is 9.97 Å². The molecule has 2 aromatic heterocycles. The van der Waals surface area contributed by atoms with Gasteiger partial charge in [-0.15, -0.1) is 0 Å². The first-order valence-electron chi connectivity index (χ1n) is 8.29. The van der Waals surface area contributed by atoms with E-state index in [4.69, 9.17) is 23.2 Å². The number of hydrogen-bond donors (Lipinski definition) is 1. The van der Waals surface area contributed by atoms with Crippen LogP contribution in [0.15, 0.2) is 30.5 Å². The van der Waals surface area contributed by atoms with E-state index in [2.05, 4.69) is 15.3 Å². The molecule has 1 aliphatic heterocycles. The third-order valence-electron chi connectivity index (χ3n) is 4.33. The molecule has 3 heterocycles. The van der Waals surface area contributed by atoms with E-state index in [-0.39, 0.29) is 33.6 Å². The third kappa shape index (κ3) is 4.31. The summed E-state index contributed by atoms with van der Waals surface area (Å²) in [5, 5.41) is 3.32. The van der Waals surface area contributed by atoms with Gasteiger partial charge in [-0.2, -0.15) is 0 Å². The summed E-state index contributed by atoms with van der Waals surface area (Å²) in [7, 11) is 0. The average Bonchev–Trinajstić information content (AvgIpc) is 2.65. The topological polar surface area (TPSA) is 75.2 Å². The van der Waals surface area contributed by atoms with Gasteiger partial charge in [0.05, 0.1) is 5.02 Å². The molecular weight excluding hydrogens is 375 g/mol. The van der Waals surface area contributed by atoms with Crippen LogP contribution < -0.4 is 5.32 Å². The van der Waals surface area contributed by atoms with E-state index in [1.807, 2.05) is 13.0 Å². The molecule has 0 unspecified atom stereocenters. The number of anilines is 1. The highest BCUT2D eigenvalue weighted by atomic mass is 35.5. The maximum absolute atomic E-state index is 12.6. The van der Waals surface area contributed by atoms with E-state index in [1.165, 1.54) is 6.07 Å². The van der Waals surface area contributed by atoms with Crippen molar-refractivity contribution in [1.29, 1.82) is 0 Å². The molecule has 0 atom stereocenters. The Morgan fingerprint density at radius 3 is 2.54 bits per heavy atom. The molecule has 0 aliphatic carbocycles. The number of aromatic nitrogens is 2. The van der Waals surface area contributed by atoms with E-state index in [0.717, 1.165) is 5.56 Å². The first-order chi connectivity index (χ1) is 12.4. The Morgan fingerprint density at radius 2 is 1.88 bits per heavy atom. The lowest BCUT2D eigenvalue weighted by atomic mass is 9.95. The zero-order valence-corrected chi connectivity index (χ0v) is 15.7. The summed E-state index contributed by atoms with van der Waals surface area (Å²) in [5.41, 5.74) is 1.18. The number of hydrogen-bond acceptors (Lipinski definition) is 4. The van der Waals surface area contributed by atoms with Gasteiger partial charge in [-0.05, 0) is 43.5 Å². The maximum Gasteiger partial charge on any atom is 0.274 e. The van der Waals surface area contributed by atoms with Crippen molar-refractivity contribution >= 4 is 40.8 Å². The van der Waals surface area contributed by atoms with E-state index in [1.54, 1.807) is 23.2 Å². The van der Waals surface area contributed by atoms with Gasteiger partial charge in [-0.3, -0.25) is 9.59 Å². The third-order valence-corrected chi connectivity index (χ3v) is 4.85. The van der Waals surface area contributed by atoms with Crippen LogP contribution >= 0.6 is 23.2 Å². The fourth-order valence-corrected chi connectivity index (χ4v) is 3.17. The van der Waals surface area contributed by atoms with Crippen molar-refractivity contribution in [3.8, 4) is 0 Å². The fraction of sp³-hybridized carbons (Fsp3) is 0.333. The second kappa shape index (κ2) is 8.01. The largest absolute Gasteiger partial charge is 0.337 e. The summed E-state index contributed by atoms with van der Waals surface area (Å²) in [5.74, 6) is 0.0304. The average molecular weight is 393 g/mol. The number of likely N-dealkylation sites (tertiary alicyclic amines) is 1. The van der Waals surface area contributed by atoms with Crippen molar-refractivity contribution in [3.05, 3.63) is 51.9 Å². The lowest BCUT2D eigenvalue weighted by molar-refractivity contribution is -0.121. The Morgan fingerprint density at radius 1 is 1.15 bits per heavy atom. The zero-order valence-electron chi connectivity index (χ0n) is 14.2. The number of rotatable bonds is 3. The van der Waals surface area contributed by atoms with Crippen molar-refractivity contribution in [2.45, 2.75) is 19.8 Å². The minimum absolute atomic E-state index is 0.0765. The highest BCUT2D eigenvalue weighted by Crippen LogP contribution is 2.23. The molecule has 1 aliphatic rings. The maximum atomic E-state index is 12.6. The van der Waals surface area contributed by atoms with E-state index >= 15 is 0 Å². The summed E-state index contributed by atoms with van der Waals surface area (Å²) in [6.45, 7) is 2.86. The minimum atomic E-state index is -0.267. The van der Waals surface area contributed by atoms with Crippen LogP contribution in [0, 0.1) is 12.8 Å². The van der Waals surface area contributed by atoms with Crippen molar-refractivity contribution < 1.29 is 9.59 Å². The minimum Gasteiger partial charge on any atom is -0.337 e. The standard InChI is InChI=1S/C18H18Cl2N4O2/c1-11-2-5-15(21-10-11)23-17(25)12-6-8-24(9-7-12)18(26)16-13(19)3-4-14(20)22-16/h2-5,10,12H,6-9H2,1H3,(H,21,23,25). The molecule has 26 heavy (non-hydrogen) atoms. The fourth-order valence-electron chi connectivity index (χ4n) is 2.83. The molecule has 1 fully saturated rings. The van der Waals surface area contributed by atoms with Crippen LogP contribution in [0.1, 0.15) is 28.9 Å². The number of carbonyl (C=O) groups excluding carboxylic acids is 2. The van der Waals surface area contributed by atoms with Gasteiger partial charge in [-0.1, -0.05) is 29.3 Å². The number of nitrogens with one attached hydrogen (secondary N) is 1. The number of aryl methyl sites for hydroxylation is 1. The Labute approximate surface area is 161 Å². The second-order valence-electron chi connectivity index (χ2n) is 6.24. The number of amides is 2. The van der Waals surface area contributed by atoms with Gasteiger partial charge < -0.3 is 10.2 Å². The molecule has 0 bridgehead atoms. The molecule has 136 valence electrons. The van der Waals surface area contributed by atoms with Crippen LogP contribution in [0.3, 0.4) is 0 Å². The molecule has 1 N–H and O–H groups in total. The quantitative estimate of drug-likeness (QED) is 0.809. The molecule has 1 saturated heterocycles. The van der Waals surface area contributed by atoms with Crippen LogP contribution in [0.5, 0.6) is 0 Å². The normalized spacial score (nSPS) is 15.0. The first-order valence-corrected chi connectivity index (χ1v) is 9.04. The molecule has 6 nitrogen and oxygen atoms in total. The van der Waals surface area contributed by atoms with Crippen molar-refractivity contribution in [3.63, 3.8) is 0 Å². The Bertz CT molecular complexity index is 818. The molecule has 0 aromatic carbocycles.